The molecule has 0 saturated heterocycles. The van der Waals surface area contributed by atoms with Crippen LogP contribution in [-0.2, 0) is 0 Å². The van der Waals surface area contributed by atoms with E-state index in [0.717, 1.165) is 0 Å². The molecule has 0 atom stereocenters. The first-order valence-corrected chi connectivity index (χ1v) is 8.72. The number of rotatable bonds is 8. The normalized spacial score (nSPS) is 11.0. The van der Waals surface area contributed by atoms with Crippen LogP contribution < -0.4 is 10.9 Å². The van der Waals surface area contributed by atoms with E-state index in [1.165, 1.54) is 24.6 Å². The molecule has 2 N–H and O–H groups in total. The van der Waals surface area contributed by atoms with Crippen LogP contribution in [0.15, 0.2) is 58.7 Å². The fourth-order valence-corrected chi connectivity index (χ4v) is 2.38. The van der Waals surface area contributed by atoms with Crippen LogP contribution in [-0.4, -0.2) is 37.5 Å². The molecule has 3 rings (SSSR count). The van der Waals surface area contributed by atoms with E-state index in [2.05, 4.69) is 36.2 Å². The molecule has 156 valence electrons. The minimum atomic E-state index is -0.512. The maximum atomic E-state index is 11.0. The maximum Gasteiger partial charge on any atom is 0.278 e. The molecule has 0 fully saturated rings. The summed E-state index contributed by atoms with van der Waals surface area (Å²) in [7, 11) is 0. The lowest BCUT2D eigenvalue weighted by Gasteiger charge is -2.04. The average molecular weight is 421 g/mol. The van der Waals surface area contributed by atoms with E-state index in [4.69, 9.17) is 0 Å². The van der Waals surface area contributed by atoms with Crippen molar-refractivity contribution in [3.05, 3.63) is 85.6 Å². The third kappa shape index (κ3) is 5.38. The zero-order valence-corrected chi connectivity index (χ0v) is 16.0. The molecule has 3 aromatic rings. The van der Waals surface area contributed by atoms with Gasteiger partial charge in [0, 0.05) is 12.1 Å². The molecule has 13 heteroatoms. The minimum Gasteiger partial charge on any atom is -0.260 e. The van der Waals surface area contributed by atoms with Gasteiger partial charge in [0.25, 0.3) is 17.3 Å². The molecule has 0 aliphatic heterocycles. The molecule has 0 bridgehead atoms. The monoisotopic (exact) mass is 421 g/mol. The Morgan fingerprint density at radius 2 is 1.35 bits per heavy atom. The molecular weight excluding hydrogens is 406 g/mol. The SMILES string of the molecule is Cc1nnc(N/N=C/c2ccccc2[N+](=O)[O-])nc1N/N=C/c1ccccc1[N+](=O)[O-]. The molecule has 0 aliphatic carbocycles. The number of benzene rings is 2. The third-order valence-corrected chi connectivity index (χ3v) is 3.86. The number of hydrogen-bond acceptors (Lipinski definition) is 11. The molecule has 0 aliphatic rings. The molecule has 1 heterocycles. The van der Waals surface area contributed by atoms with Gasteiger partial charge in [-0.2, -0.15) is 15.2 Å². The summed E-state index contributed by atoms with van der Waals surface area (Å²) in [6, 6.07) is 12.2. The van der Waals surface area contributed by atoms with Crippen LogP contribution in [0, 0.1) is 27.2 Å². The van der Waals surface area contributed by atoms with Gasteiger partial charge in [-0.05, 0) is 19.1 Å². The van der Waals surface area contributed by atoms with E-state index in [1.54, 1.807) is 43.3 Å². The summed E-state index contributed by atoms with van der Waals surface area (Å²) < 4.78 is 0. The Labute approximate surface area is 174 Å². The van der Waals surface area contributed by atoms with Crippen molar-refractivity contribution in [2.75, 3.05) is 10.9 Å². The Morgan fingerprint density at radius 3 is 1.90 bits per heavy atom. The second-order valence-electron chi connectivity index (χ2n) is 5.94. The number of aryl methyl sites for hydroxylation is 1. The molecule has 0 unspecified atom stereocenters. The van der Waals surface area contributed by atoms with Gasteiger partial charge in [0.1, 0.15) is 5.69 Å². The first-order chi connectivity index (χ1) is 15.0. The van der Waals surface area contributed by atoms with Crippen molar-refractivity contribution in [2.24, 2.45) is 10.2 Å². The maximum absolute atomic E-state index is 11.0. The van der Waals surface area contributed by atoms with Crippen LogP contribution in [0.5, 0.6) is 0 Å². The second kappa shape index (κ2) is 9.60. The van der Waals surface area contributed by atoms with E-state index >= 15 is 0 Å². The van der Waals surface area contributed by atoms with Gasteiger partial charge < -0.3 is 0 Å². The van der Waals surface area contributed by atoms with Crippen LogP contribution in [0.1, 0.15) is 16.8 Å². The van der Waals surface area contributed by atoms with Crippen LogP contribution in [0.3, 0.4) is 0 Å². The van der Waals surface area contributed by atoms with Gasteiger partial charge in [0.15, 0.2) is 5.82 Å². The first kappa shape index (κ1) is 20.9. The highest BCUT2D eigenvalue weighted by Crippen LogP contribution is 2.17. The first-order valence-electron chi connectivity index (χ1n) is 8.72. The van der Waals surface area contributed by atoms with Crippen molar-refractivity contribution in [3.8, 4) is 0 Å². The van der Waals surface area contributed by atoms with Crippen molar-refractivity contribution >= 4 is 35.6 Å². The van der Waals surface area contributed by atoms with Gasteiger partial charge in [0.05, 0.1) is 33.4 Å². The Kier molecular flexibility index (Phi) is 6.47. The molecule has 31 heavy (non-hydrogen) atoms. The number of anilines is 2. The highest BCUT2D eigenvalue weighted by Gasteiger charge is 2.11. The van der Waals surface area contributed by atoms with Gasteiger partial charge in [-0.3, -0.25) is 25.7 Å². The number of para-hydroxylation sites is 2. The number of nitrogens with zero attached hydrogens (tertiary/aromatic N) is 7. The number of aromatic nitrogens is 3. The summed E-state index contributed by atoms with van der Waals surface area (Å²) in [6.07, 6.45) is 2.56. The van der Waals surface area contributed by atoms with E-state index in [1.807, 2.05) is 0 Å². The van der Waals surface area contributed by atoms with Crippen LogP contribution in [0.4, 0.5) is 23.1 Å². The summed E-state index contributed by atoms with van der Waals surface area (Å²) in [5.41, 5.74) is 6.05. The summed E-state index contributed by atoms with van der Waals surface area (Å²) in [5, 5.41) is 37.7. The summed E-state index contributed by atoms with van der Waals surface area (Å²) in [5.74, 6) is 0.261. The second-order valence-corrected chi connectivity index (χ2v) is 5.94. The van der Waals surface area contributed by atoms with Crippen molar-refractivity contribution in [3.63, 3.8) is 0 Å². The molecule has 0 amide bonds. The molecule has 13 nitrogen and oxygen atoms in total. The summed E-state index contributed by atoms with van der Waals surface area (Å²) >= 11 is 0. The van der Waals surface area contributed by atoms with Crippen molar-refractivity contribution < 1.29 is 9.85 Å². The minimum absolute atomic E-state index is 0.0174. The molecular formula is C18H15N9O4. The Hall–Kier alpha value is -4.81. The summed E-state index contributed by atoms with van der Waals surface area (Å²) in [6.45, 7) is 1.64. The predicted octanol–water partition coefficient (Wildman–Crippen LogP) is 2.89. The highest BCUT2D eigenvalue weighted by atomic mass is 16.6. The van der Waals surface area contributed by atoms with Gasteiger partial charge in [0.2, 0.25) is 0 Å². The van der Waals surface area contributed by atoms with Crippen molar-refractivity contribution in [2.45, 2.75) is 6.92 Å². The fraction of sp³-hybridized carbons (Fsp3) is 0.0556. The average Bonchev–Trinajstić information content (AvgIpc) is 2.76. The van der Waals surface area contributed by atoms with Crippen LogP contribution in [0.25, 0.3) is 0 Å². The number of nitro groups is 2. The largest absolute Gasteiger partial charge is 0.278 e. The van der Waals surface area contributed by atoms with Gasteiger partial charge >= 0.3 is 0 Å². The number of nitrogens with one attached hydrogen (secondary N) is 2. The Balaban J connectivity index is 1.71. The smallest absolute Gasteiger partial charge is 0.260 e. The lowest BCUT2D eigenvalue weighted by molar-refractivity contribution is -0.385. The van der Waals surface area contributed by atoms with Crippen LogP contribution >= 0.6 is 0 Å². The molecule has 1 aromatic heterocycles. The number of hydrazone groups is 2. The molecule has 0 spiro atoms. The highest BCUT2D eigenvalue weighted by molar-refractivity contribution is 5.86. The number of nitro benzene ring substituents is 2. The quantitative estimate of drug-likeness (QED) is 0.315. The van der Waals surface area contributed by atoms with E-state index in [0.29, 0.717) is 16.8 Å². The number of hydrogen-bond donors (Lipinski definition) is 2. The van der Waals surface area contributed by atoms with Crippen LogP contribution in [0.2, 0.25) is 0 Å². The van der Waals surface area contributed by atoms with Gasteiger partial charge in [-0.1, -0.05) is 24.3 Å². The molecule has 0 radical (unpaired) electrons. The predicted molar refractivity (Wildman–Crippen MR) is 113 cm³/mol. The molecule has 0 saturated carbocycles. The zero-order valence-electron chi connectivity index (χ0n) is 16.0. The molecule has 2 aromatic carbocycles. The Morgan fingerprint density at radius 1 is 0.839 bits per heavy atom. The van der Waals surface area contributed by atoms with E-state index < -0.39 is 9.85 Å². The van der Waals surface area contributed by atoms with Crippen molar-refractivity contribution in [1.82, 2.24) is 15.2 Å². The lowest BCUT2D eigenvalue weighted by atomic mass is 10.2. The zero-order chi connectivity index (χ0) is 22.2. The van der Waals surface area contributed by atoms with Gasteiger partial charge in [-0.15, -0.1) is 10.2 Å². The third-order valence-electron chi connectivity index (χ3n) is 3.86. The summed E-state index contributed by atoms with van der Waals surface area (Å²) in [4.78, 5) is 25.2. The van der Waals surface area contributed by atoms with Crippen molar-refractivity contribution in [1.29, 1.82) is 0 Å². The topological polar surface area (TPSA) is 174 Å². The fourth-order valence-electron chi connectivity index (χ4n) is 2.38. The standard InChI is InChI=1S/C18H15N9O4/c1-12-17(23-19-10-13-6-2-4-8-15(13)26(28)29)21-18(25-22-12)24-20-11-14-7-3-5-9-16(14)27(30)31/h2-11H,1H3,(H2,21,23,24,25)/b19-10+,20-11+. The Bertz CT molecular complexity index is 1180. The van der Waals surface area contributed by atoms with E-state index in [-0.39, 0.29) is 23.1 Å². The van der Waals surface area contributed by atoms with E-state index in [9.17, 15) is 20.2 Å². The van der Waals surface area contributed by atoms with Gasteiger partial charge in [-0.25, -0.2) is 5.43 Å². The lowest BCUT2D eigenvalue weighted by Crippen LogP contribution is -2.05.